The van der Waals surface area contributed by atoms with Crippen molar-refractivity contribution in [3.8, 4) is 11.5 Å². The highest BCUT2D eigenvalue weighted by Gasteiger charge is 2.14. The van der Waals surface area contributed by atoms with E-state index >= 15 is 0 Å². The SMILES string of the molecule is CCC(NCc1cc(OC)c(OC)cc1Br)c1nccs1. The van der Waals surface area contributed by atoms with E-state index in [4.69, 9.17) is 9.47 Å². The van der Waals surface area contributed by atoms with Crippen LogP contribution in [0.2, 0.25) is 0 Å². The molecule has 2 aromatic rings. The second kappa shape index (κ2) is 7.77. The number of hydrogen-bond acceptors (Lipinski definition) is 5. The largest absolute Gasteiger partial charge is 0.493 e. The van der Waals surface area contributed by atoms with E-state index in [2.05, 4.69) is 33.2 Å². The normalized spacial score (nSPS) is 12.2. The van der Waals surface area contributed by atoms with Crippen molar-refractivity contribution < 1.29 is 9.47 Å². The fraction of sp³-hybridized carbons (Fsp3) is 0.400. The summed E-state index contributed by atoms with van der Waals surface area (Å²) < 4.78 is 11.6. The van der Waals surface area contributed by atoms with Crippen molar-refractivity contribution in [1.29, 1.82) is 0 Å². The molecule has 21 heavy (non-hydrogen) atoms. The van der Waals surface area contributed by atoms with Gasteiger partial charge in [0.15, 0.2) is 11.5 Å². The lowest BCUT2D eigenvalue weighted by Gasteiger charge is -2.16. The molecule has 0 aliphatic heterocycles. The number of thiazole rings is 1. The third kappa shape index (κ3) is 3.96. The summed E-state index contributed by atoms with van der Waals surface area (Å²) in [6, 6.07) is 4.19. The smallest absolute Gasteiger partial charge is 0.161 e. The number of nitrogens with zero attached hydrogens (tertiary/aromatic N) is 1. The molecule has 2 rings (SSSR count). The maximum absolute atomic E-state index is 5.35. The van der Waals surface area contributed by atoms with Crippen molar-refractivity contribution in [3.63, 3.8) is 0 Å². The van der Waals surface area contributed by atoms with E-state index in [1.165, 1.54) is 0 Å². The Bertz CT molecular complexity index is 575. The van der Waals surface area contributed by atoms with Gasteiger partial charge in [0.05, 0.1) is 20.3 Å². The van der Waals surface area contributed by atoms with Crippen LogP contribution in [0, 0.1) is 0 Å². The number of aromatic nitrogens is 1. The predicted molar refractivity (Wildman–Crippen MR) is 89.2 cm³/mol. The van der Waals surface area contributed by atoms with Gasteiger partial charge in [0.2, 0.25) is 0 Å². The number of halogens is 1. The molecule has 0 radical (unpaired) electrons. The van der Waals surface area contributed by atoms with Crippen LogP contribution in [0.3, 0.4) is 0 Å². The Morgan fingerprint density at radius 2 is 2.00 bits per heavy atom. The zero-order valence-electron chi connectivity index (χ0n) is 12.4. The first kappa shape index (κ1) is 16.3. The molecule has 1 unspecified atom stereocenters. The second-order valence-electron chi connectivity index (χ2n) is 4.51. The summed E-state index contributed by atoms with van der Waals surface area (Å²) in [5.41, 5.74) is 1.13. The fourth-order valence-electron chi connectivity index (χ4n) is 2.08. The lowest BCUT2D eigenvalue weighted by molar-refractivity contribution is 0.354. The van der Waals surface area contributed by atoms with E-state index in [-0.39, 0.29) is 6.04 Å². The van der Waals surface area contributed by atoms with Crippen molar-refractivity contribution in [3.05, 3.63) is 38.8 Å². The molecule has 1 aromatic carbocycles. The molecule has 6 heteroatoms. The summed E-state index contributed by atoms with van der Waals surface area (Å²) in [6.07, 6.45) is 2.84. The fourth-order valence-corrected chi connectivity index (χ4v) is 3.34. The minimum atomic E-state index is 0.269. The van der Waals surface area contributed by atoms with Gasteiger partial charge in [-0.1, -0.05) is 22.9 Å². The van der Waals surface area contributed by atoms with Gasteiger partial charge in [0.25, 0.3) is 0 Å². The van der Waals surface area contributed by atoms with Crippen LogP contribution in [-0.4, -0.2) is 19.2 Å². The lowest BCUT2D eigenvalue weighted by Crippen LogP contribution is -2.20. The van der Waals surface area contributed by atoms with Crippen LogP contribution in [-0.2, 0) is 6.54 Å². The molecule has 0 bridgehead atoms. The molecule has 114 valence electrons. The van der Waals surface area contributed by atoms with Crippen LogP contribution >= 0.6 is 27.3 Å². The average Bonchev–Trinajstić information content (AvgIpc) is 3.03. The Kier molecular flexibility index (Phi) is 6.02. The molecule has 0 saturated carbocycles. The van der Waals surface area contributed by atoms with Crippen molar-refractivity contribution in [2.45, 2.75) is 25.9 Å². The first-order chi connectivity index (χ1) is 10.2. The number of ether oxygens (including phenoxy) is 2. The number of rotatable bonds is 7. The van der Waals surface area contributed by atoms with Crippen LogP contribution in [0.1, 0.15) is 30.0 Å². The number of benzene rings is 1. The van der Waals surface area contributed by atoms with Gasteiger partial charge < -0.3 is 14.8 Å². The van der Waals surface area contributed by atoms with E-state index in [9.17, 15) is 0 Å². The molecule has 0 fully saturated rings. The van der Waals surface area contributed by atoms with Crippen LogP contribution in [0.25, 0.3) is 0 Å². The van der Waals surface area contributed by atoms with Gasteiger partial charge in [-0.2, -0.15) is 0 Å². The monoisotopic (exact) mass is 370 g/mol. The minimum Gasteiger partial charge on any atom is -0.493 e. The molecule has 0 spiro atoms. The molecule has 0 aliphatic rings. The van der Waals surface area contributed by atoms with E-state index in [0.29, 0.717) is 0 Å². The summed E-state index contributed by atoms with van der Waals surface area (Å²) in [5.74, 6) is 1.46. The predicted octanol–water partition coefficient (Wildman–Crippen LogP) is 4.16. The van der Waals surface area contributed by atoms with Gasteiger partial charge in [-0.25, -0.2) is 4.98 Å². The maximum atomic E-state index is 5.35. The highest BCUT2D eigenvalue weighted by atomic mass is 79.9. The number of nitrogens with one attached hydrogen (secondary N) is 1. The molecule has 1 N–H and O–H groups in total. The average molecular weight is 371 g/mol. The van der Waals surface area contributed by atoms with E-state index in [1.807, 2.05) is 23.7 Å². The molecule has 4 nitrogen and oxygen atoms in total. The molecule has 1 heterocycles. The molecular weight excluding hydrogens is 352 g/mol. The second-order valence-corrected chi connectivity index (χ2v) is 6.29. The summed E-state index contributed by atoms with van der Waals surface area (Å²) in [4.78, 5) is 4.38. The standard InChI is InChI=1S/C15H19BrN2O2S/c1-4-12(15-17-5-6-21-15)18-9-10-7-13(19-2)14(20-3)8-11(10)16/h5-8,12,18H,4,9H2,1-3H3. The quantitative estimate of drug-likeness (QED) is 0.794. The Labute approximate surface area is 137 Å². The molecule has 1 aromatic heterocycles. The molecular formula is C15H19BrN2O2S. The van der Waals surface area contributed by atoms with E-state index in [0.717, 1.165) is 39.5 Å². The third-order valence-corrected chi connectivity index (χ3v) is 4.88. The molecule has 0 aliphatic carbocycles. The Morgan fingerprint density at radius 3 is 2.57 bits per heavy atom. The van der Waals surface area contributed by atoms with E-state index in [1.54, 1.807) is 25.6 Å². The van der Waals surface area contributed by atoms with Gasteiger partial charge in [0, 0.05) is 22.6 Å². The minimum absolute atomic E-state index is 0.269. The Hall–Kier alpha value is -1.11. The Morgan fingerprint density at radius 1 is 1.29 bits per heavy atom. The van der Waals surface area contributed by atoms with Crippen molar-refractivity contribution in [1.82, 2.24) is 10.3 Å². The third-order valence-electron chi connectivity index (χ3n) is 3.25. The summed E-state index contributed by atoms with van der Waals surface area (Å²) >= 11 is 5.26. The van der Waals surface area contributed by atoms with Crippen molar-refractivity contribution >= 4 is 27.3 Å². The van der Waals surface area contributed by atoms with Gasteiger partial charge in [0.1, 0.15) is 5.01 Å². The van der Waals surface area contributed by atoms with Crippen LogP contribution in [0.4, 0.5) is 0 Å². The molecule has 1 atom stereocenters. The van der Waals surface area contributed by atoms with Crippen LogP contribution in [0.5, 0.6) is 11.5 Å². The van der Waals surface area contributed by atoms with Gasteiger partial charge >= 0.3 is 0 Å². The summed E-state index contributed by atoms with van der Waals surface area (Å²) in [6.45, 7) is 2.89. The maximum Gasteiger partial charge on any atom is 0.161 e. The Balaban J connectivity index is 2.12. The van der Waals surface area contributed by atoms with Crippen molar-refractivity contribution in [2.24, 2.45) is 0 Å². The summed E-state index contributed by atoms with van der Waals surface area (Å²) in [5, 5.41) is 6.66. The first-order valence-electron chi connectivity index (χ1n) is 6.72. The van der Waals surface area contributed by atoms with Gasteiger partial charge in [-0.15, -0.1) is 11.3 Å². The van der Waals surface area contributed by atoms with Crippen LogP contribution < -0.4 is 14.8 Å². The lowest BCUT2D eigenvalue weighted by atomic mass is 10.1. The molecule has 0 amide bonds. The zero-order chi connectivity index (χ0) is 15.2. The van der Waals surface area contributed by atoms with Crippen LogP contribution in [0.15, 0.2) is 28.2 Å². The molecule has 0 saturated heterocycles. The van der Waals surface area contributed by atoms with Crippen molar-refractivity contribution in [2.75, 3.05) is 14.2 Å². The summed E-state index contributed by atoms with van der Waals surface area (Å²) in [7, 11) is 3.28. The number of methoxy groups -OCH3 is 2. The number of hydrogen-bond donors (Lipinski definition) is 1. The zero-order valence-corrected chi connectivity index (χ0v) is 14.8. The van der Waals surface area contributed by atoms with E-state index < -0.39 is 0 Å². The highest BCUT2D eigenvalue weighted by Crippen LogP contribution is 2.33. The highest BCUT2D eigenvalue weighted by molar-refractivity contribution is 9.10. The van der Waals surface area contributed by atoms with Gasteiger partial charge in [-0.05, 0) is 24.1 Å². The topological polar surface area (TPSA) is 43.4 Å². The first-order valence-corrected chi connectivity index (χ1v) is 8.40. The van der Waals surface area contributed by atoms with Gasteiger partial charge in [-0.3, -0.25) is 0 Å².